The first-order valence-corrected chi connectivity index (χ1v) is 15.2. The molecule has 1 amide bonds. The number of hydrogen-bond acceptors (Lipinski definition) is 7. The lowest BCUT2D eigenvalue weighted by molar-refractivity contribution is -0.145. The summed E-state index contributed by atoms with van der Waals surface area (Å²) in [6, 6.07) is 10.2. The van der Waals surface area contributed by atoms with E-state index in [0.29, 0.717) is 49.6 Å². The molecule has 0 bridgehead atoms. The number of piperazine rings is 1. The quantitative estimate of drug-likeness (QED) is 0.315. The Morgan fingerprint density at radius 3 is 2.32 bits per heavy atom. The Labute approximate surface area is 221 Å². The number of carbonyl (C=O) groups excluding carboxylic acids is 1. The second-order valence-corrected chi connectivity index (χ2v) is 13.4. The summed E-state index contributed by atoms with van der Waals surface area (Å²) in [7, 11) is -7.53. The number of sulfonamides is 1. The SMILES string of the molecule is CC(=N)N1CCC2(CC1)CN1C(=O)CN(S(=O)(=O)c3ccc4cc(Cl)ccc4c3)CC1O2.CS(=O)(=O)O. The Hall–Kier alpha value is -2.29. The van der Waals surface area contributed by atoms with E-state index in [2.05, 4.69) is 0 Å². The van der Waals surface area contributed by atoms with E-state index in [-0.39, 0.29) is 23.9 Å². The number of ether oxygens (including phenoxy) is 1. The van der Waals surface area contributed by atoms with Crippen LogP contribution in [0.5, 0.6) is 0 Å². The normalized spacial score (nSPS) is 22.1. The lowest BCUT2D eigenvalue weighted by Crippen LogP contribution is -2.55. The van der Waals surface area contributed by atoms with Crippen LogP contribution in [0.2, 0.25) is 5.02 Å². The van der Waals surface area contributed by atoms with Crippen molar-refractivity contribution in [2.24, 2.45) is 0 Å². The minimum absolute atomic E-state index is 0.113. The number of fused-ring (bicyclic) bond motifs is 2. The minimum Gasteiger partial charge on any atom is -0.361 e. The molecule has 1 atom stereocenters. The summed E-state index contributed by atoms with van der Waals surface area (Å²) in [6.07, 6.45) is 1.55. The van der Waals surface area contributed by atoms with E-state index in [9.17, 15) is 21.6 Å². The molecule has 202 valence electrons. The third-order valence-corrected chi connectivity index (χ3v) is 8.79. The Morgan fingerprint density at radius 2 is 1.70 bits per heavy atom. The van der Waals surface area contributed by atoms with Crippen LogP contribution < -0.4 is 0 Å². The molecule has 11 nitrogen and oxygen atoms in total. The van der Waals surface area contributed by atoms with E-state index in [0.717, 1.165) is 10.8 Å². The van der Waals surface area contributed by atoms with E-state index in [1.54, 1.807) is 48.2 Å². The van der Waals surface area contributed by atoms with Gasteiger partial charge in [0.25, 0.3) is 10.1 Å². The molecule has 0 aromatic heterocycles. The molecular weight excluding hydrogens is 544 g/mol. The van der Waals surface area contributed by atoms with Crippen LogP contribution in [0.25, 0.3) is 10.8 Å². The predicted octanol–water partition coefficient (Wildman–Crippen LogP) is 2.02. The van der Waals surface area contributed by atoms with E-state index < -0.39 is 32.0 Å². The maximum Gasteiger partial charge on any atom is 0.261 e. The highest BCUT2D eigenvalue weighted by Crippen LogP contribution is 2.38. The van der Waals surface area contributed by atoms with Crippen LogP contribution in [-0.4, -0.2) is 98.0 Å². The maximum atomic E-state index is 13.4. The summed E-state index contributed by atoms with van der Waals surface area (Å²) < 4.78 is 60.1. The van der Waals surface area contributed by atoms with Crippen molar-refractivity contribution in [1.29, 1.82) is 5.41 Å². The van der Waals surface area contributed by atoms with Crippen molar-refractivity contribution >= 4 is 54.3 Å². The van der Waals surface area contributed by atoms with Gasteiger partial charge in [-0.25, -0.2) is 8.42 Å². The van der Waals surface area contributed by atoms with Crippen molar-refractivity contribution in [2.75, 3.05) is 39.0 Å². The maximum absolute atomic E-state index is 13.4. The summed E-state index contributed by atoms with van der Waals surface area (Å²) in [5.74, 6) is 0.293. The standard InChI is InChI=1S/C22H25ClN4O4S.CH4O3S/c1-15(24)25-8-6-22(7-9-25)14-27-20(28)12-26(13-21(27)31-22)32(29,30)19-5-3-16-10-18(23)4-2-17(16)11-19;1-5(2,3)4/h2-5,10-11,21,24H,6-9,12-14H2,1H3;1H3,(H,2,3,4). The fraction of sp³-hybridized carbons (Fsp3) is 0.478. The lowest BCUT2D eigenvalue weighted by atomic mass is 9.91. The van der Waals surface area contributed by atoms with E-state index >= 15 is 0 Å². The van der Waals surface area contributed by atoms with Crippen LogP contribution in [0.3, 0.4) is 0 Å². The van der Waals surface area contributed by atoms with Gasteiger partial charge in [-0.2, -0.15) is 12.7 Å². The predicted molar refractivity (Wildman–Crippen MR) is 139 cm³/mol. The van der Waals surface area contributed by atoms with Gasteiger partial charge < -0.3 is 14.5 Å². The zero-order chi connectivity index (χ0) is 27.2. The third-order valence-electron chi connectivity index (χ3n) is 6.74. The van der Waals surface area contributed by atoms with Gasteiger partial charge in [-0.05, 0) is 54.8 Å². The number of hydrogen-bond donors (Lipinski definition) is 2. The average molecular weight is 573 g/mol. The molecule has 3 aliphatic rings. The topological polar surface area (TPSA) is 148 Å². The first kappa shape index (κ1) is 27.7. The molecule has 14 heteroatoms. The van der Waals surface area contributed by atoms with Crippen LogP contribution in [0.4, 0.5) is 0 Å². The van der Waals surface area contributed by atoms with Crippen molar-refractivity contribution in [2.45, 2.75) is 36.5 Å². The first-order valence-electron chi connectivity index (χ1n) is 11.6. The Morgan fingerprint density at radius 1 is 1.11 bits per heavy atom. The van der Waals surface area contributed by atoms with Crippen molar-refractivity contribution in [3.63, 3.8) is 0 Å². The summed E-state index contributed by atoms with van der Waals surface area (Å²) in [5, 5.41) is 10.0. The molecule has 0 radical (unpaired) electrons. The van der Waals surface area contributed by atoms with Crippen molar-refractivity contribution < 1.29 is 30.9 Å². The van der Waals surface area contributed by atoms with Gasteiger partial charge >= 0.3 is 0 Å². The molecule has 3 aliphatic heterocycles. The van der Waals surface area contributed by atoms with Gasteiger partial charge in [0.05, 0.1) is 42.2 Å². The van der Waals surface area contributed by atoms with E-state index in [4.69, 9.17) is 26.3 Å². The molecule has 2 aromatic rings. The number of piperidine rings is 1. The van der Waals surface area contributed by atoms with Gasteiger partial charge in [-0.15, -0.1) is 0 Å². The highest BCUT2D eigenvalue weighted by molar-refractivity contribution is 7.89. The number of nitrogens with one attached hydrogen (secondary N) is 1. The molecule has 3 saturated heterocycles. The summed E-state index contributed by atoms with van der Waals surface area (Å²) in [5.41, 5.74) is -0.464. The first-order chi connectivity index (χ1) is 17.2. The number of benzene rings is 2. The molecular formula is C23H29ClN4O7S2. The number of amides is 1. The highest BCUT2D eigenvalue weighted by Gasteiger charge is 2.52. The van der Waals surface area contributed by atoms with E-state index in [1.165, 1.54) is 4.31 Å². The second kappa shape index (κ2) is 10.1. The zero-order valence-electron chi connectivity index (χ0n) is 20.4. The van der Waals surface area contributed by atoms with Crippen molar-refractivity contribution in [1.82, 2.24) is 14.1 Å². The van der Waals surface area contributed by atoms with Crippen LogP contribution in [0, 0.1) is 5.41 Å². The Kier molecular flexibility index (Phi) is 7.58. The molecule has 37 heavy (non-hydrogen) atoms. The van der Waals surface area contributed by atoms with Gasteiger partial charge in [0.1, 0.15) is 6.23 Å². The number of halogens is 1. The smallest absolute Gasteiger partial charge is 0.261 e. The summed E-state index contributed by atoms with van der Waals surface area (Å²) in [6.45, 7) is 3.57. The number of likely N-dealkylation sites (tertiary alicyclic amines) is 1. The fourth-order valence-corrected chi connectivity index (χ4v) is 6.48. The molecule has 3 heterocycles. The van der Waals surface area contributed by atoms with Crippen LogP contribution in [0.15, 0.2) is 41.3 Å². The highest BCUT2D eigenvalue weighted by atomic mass is 35.5. The number of nitrogens with zero attached hydrogens (tertiary/aromatic N) is 3. The number of amidine groups is 1. The number of rotatable bonds is 2. The van der Waals surface area contributed by atoms with Gasteiger partial charge in [0, 0.05) is 18.1 Å². The molecule has 0 aliphatic carbocycles. The van der Waals surface area contributed by atoms with Gasteiger partial charge in [-0.1, -0.05) is 23.7 Å². The van der Waals surface area contributed by atoms with Crippen LogP contribution in [0.1, 0.15) is 19.8 Å². The molecule has 3 fully saturated rings. The largest absolute Gasteiger partial charge is 0.361 e. The van der Waals surface area contributed by atoms with Crippen LogP contribution >= 0.6 is 11.6 Å². The summed E-state index contributed by atoms with van der Waals surface area (Å²) in [4.78, 5) is 16.7. The molecule has 0 saturated carbocycles. The Balaban J connectivity index is 0.000000586. The molecule has 2 aromatic carbocycles. The molecule has 1 unspecified atom stereocenters. The zero-order valence-corrected chi connectivity index (χ0v) is 22.8. The van der Waals surface area contributed by atoms with Crippen molar-refractivity contribution in [3.8, 4) is 0 Å². The molecule has 5 rings (SSSR count). The number of carbonyl (C=O) groups is 1. The lowest BCUT2D eigenvalue weighted by Gasteiger charge is -2.38. The van der Waals surface area contributed by atoms with E-state index in [1.807, 2.05) is 4.90 Å². The van der Waals surface area contributed by atoms with Gasteiger partial charge in [0.15, 0.2) is 0 Å². The third kappa shape index (κ3) is 6.24. The molecule has 1 spiro atoms. The van der Waals surface area contributed by atoms with Crippen molar-refractivity contribution in [3.05, 3.63) is 41.4 Å². The molecule has 2 N–H and O–H groups in total. The summed E-state index contributed by atoms with van der Waals surface area (Å²) >= 11 is 6.03. The second-order valence-electron chi connectivity index (χ2n) is 9.53. The van der Waals surface area contributed by atoms with Gasteiger partial charge in [-0.3, -0.25) is 14.8 Å². The van der Waals surface area contributed by atoms with Gasteiger partial charge in [0.2, 0.25) is 15.9 Å². The average Bonchev–Trinajstić information content (AvgIpc) is 3.16. The Bertz CT molecular complexity index is 1430. The minimum atomic E-state index is -3.86. The fourth-order valence-electron chi connectivity index (χ4n) is 4.88. The monoisotopic (exact) mass is 572 g/mol. The van der Waals surface area contributed by atoms with Crippen LogP contribution in [-0.2, 0) is 29.7 Å².